The molecule has 1 aromatic heterocycles. The highest BCUT2D eigenvalue weighted by molar-refractivity contribution is 9.10. The molecule has 0 amide bonds. The van der Waals surface area contributed by atoms with E-state index >= 15 is 0 Å². The summed E-state index contributed by atoms with van der Waals surface area (Å²) in [6, 6.07) is 11.9. The van der Waals surface area contributed by atoms with Gasteiger partial charge in [-0.15, -0.1) is 0 Å². The summed E-state index contributed by atoms with van der Waals surface area (Å²) < 4.78 is 0.986. The molecule has 96 valence electrons. The van der Waals surface area contributed by atoms with Crippen molar-refractivity contribution in [1.82, 2.24) is 0 Å². The molecule has 0 aliphatic carbocycles. The average molecular weight is 318 g/mol. The highest BCUT2D eigenvalue weighted by Gasteiger charge is 2.16. The van der Waals surface area contributed by atoms with Crippen LogP contribution in [0, 0.1) is 11.3 Å². The molecule has 5 heteroatoms. The fourth-order valence-electron chi connectivity index (χ4n) is 1.78. The smallest absolute Gasteiger partial charge is 0.297 e. The second-order valence-electron chi connectivity index (χ2n) is 4.25. The Balaban J connectivity index is 2.41. The van der Waals surface area contributed by atoms with Crippen LogP contribution in [0.2, 0.25) is 0 Å². The zero-order valence-electron chi connectivity index (χ0n) is 10.7. The monoisotopic (exact) mass is 317 g/mol. The van der Waals surface area contributed by atoms with Crippen LogP contribution in [0.5, 0.6) is 0 Å². The zero-order chi connectivity index (χ0) is 13.8. The molecule has 0 aliphatic heterocycles. The Morgan fingerprint density at radius 1 is 1.32 bits per heavy atom. The van der Waals surface area contributed by atoms with Crippen molar-refractivity contribution >= 4 is 33.1 Å². The van der Waals surface area contributed by atoms with Gasteiger partial charge in [0.1, 0.15) is 11.8 Å². The maximum absolute atomic E-state index is 9.33. The first-order valence-corrected chi connectivity index (χ1v) is 6.56. The number of hydrogen-bond donors (Lipinski definition) is 1. The molecular weight excluding hydrogens is 304 g/mol. The Bertz CT molecular complexity index is 632. The first-order chi connectivity index (χ1) is 9.11. The van der Waals surface area contributed by atoms with E-state index in [1.54, 1.807) is 0 Å². The van der Waals surface area contributed by atoms with Crippen molar-refractivity contribution in [2.45, 2.75) is 0 Å². The Hall–Kier alpha value is -2.06. The number of rotatable bonds is 3. The topological polar surface area (TPSA) is 53.2 Å². The number of nitrogens with one attached hydrogen (secondary N) is 2. The van der Waals surface area contributed by atoms with Crippen LogP contribution in [0.25, 0.3) is 0 Å². The van der Waals surface area contributed by atoms with Crippen LogP contribution >= 0.6 is 15.9 Å². The van der Waals surface area contributed by atoms with Crippen molar-refractivity contribution in [1.29, 1.82) is 5.26 Å². The van der Waals surface area contributed by atoms with Gasteiger partial charge in [0, 0.05) is 24.6 Å². The predicted octanol–water partition coefficient (Wildman–Crippen LogP) is 2.94. The molecule has 0 unspecified atom stereocenters. The normalized spacial score (nSPS) is 9.79. The number of halogens is 1. The summed E-state index contributed by atoms with van der Waals surface area (Å²) in [4.78, 5) is 4.99. The SMILES string of the molecule is CN(C)c1cc[nH+]c(Nc2cccc(Br)c2)c1C#N. The van der Waals surface area contributed by atoms with Gasteiger partial charge >= 0.3 is 0 Å². The summed E-state index contributed by atoms with van der Waals surface area (Å²) in [5.74, 6) is 0.687. The molecule has 4 nitrogen and oxygen atoms in total. The number of nitrogens with zero attached hydrogens (tertiary/aromatic N) is 2. The van der Waals surface area contributed by atoms with Crippen LogP contribution in [0.15, 0.2) is 41.0 Å². The summed E-state index contributed by atoms with van der Waals surface area (Å²) in [6.45, 7) is 0. The Kier molecular flexibility index (Phi) is 4.03. The Morgan fingerprint density at radius 3 is 2.74 bits per heavy atom. The molecule has 2 rings (SSSR count). The molecule has 19 heavy (non-hydrogen) atoms. The van der Waals surface area contributed by atoms with Crippen LogP contribution < -0.4 is 15.2 Å². The third-order valence-electron chi connectivity index (χ3n) is 2.66. The minimum Gasteiger partial charge on any atom is -0.376 e. The second kappa shape index (κ2) is 5.72. The molecule has 1 aromatic carbocycles. The van der Waals surface area contributed by atoms with E-state index in [9.17, 15) is 5.26 Å². The van der Waals surface area contributed by atoms with Gasteiger partial charge in [0.05, 0.1) is 11.9 Å². The molecule has 2 aromatic rings. The highest BCUT2D eigenvalue weighted by atomic mass is 79.9. The Labute approximate surface area is 120 Å². The highest BCUT2D eigenvalue weighted by Crippen LogP contribution is 2.25. The first kappa shape index (κ1) is 13.4. The van der Waals surface area contributed by atoms with Gasteiger partial charge < -0.3 is 4.90 Å². The molecule has 0 saturated carbocycles. The van der Waals surface area contributed by atoms with Gasteiger partial charge in [0.25, 0.3) is 5.82 Å². The zero-order valence-corrected chi connectivity index (χ0v) is 12.3. The molecule has 0 fully saturated rings. The molecule has 0 spiro atoms. The standard InChI is InChI=1S/C14H13BrN4/c1-19(2)13-6-7-17-14(12(13)9-16)18-11-5-3-4-10(15)8-11/h3-8H,1-2H3,(H,17,18)/p+1. The van der Waals surface area contributed by atoms with E-state index in [1.807, 2.05) is 55.5 Å². The number of nitriles is 1. The van der Waals surface area contributed by atoms with Gasteiger partial charge in [-0.3, -0.25) is 0 Å². The van der Waals surface area contributed by atoms with E-state index in [-0.39, 0.29) is 0 Å². The number of aromatic amines is 1. The summed E-state index contributed by atoms with van der Waals surface area (Å²) in [5, 5.41) is 12.6. The molecule has 1 heterocycles. The van der Waals surface area contributed by atoms with Crippen LogP contribution in [-0.4, -0.2) is 14.1 Å². The first-order valence-electron chi connectivity index (χ1n) is 5.76. The third kappa shape index (κ3) is 3.04. The molecule has 2 N–H and O–H groups in total. The fourth-order valence-corrected chi connectivity index (χ4v) is 2.18. The molecule has 0 aliphatic rings. The van der Waals surface area contributed by atoms with Gasteiger partial charge in [-0.1, -0.05) is 22.0 Å². The van der Waals surface area contributed by atoms with Gasteiger partial charge in [0.15, 0.2) is 5.56 Å². The minimum absolute atomic E-state index is 0.590. The van der Waals surface area contributed by atoms with Crippen LogP contribution in [0.1, 0.15) is 5.56 Å². The number of hydrogen-bond acceptors (Lipinski definition) is 3. The van der Waals surface area contributed by atoms with Crippen LogP contribution in [-0.2, 0) is 0 Å². The molecule has 0 atom stereocenters. The number of benzene rings is 1. The van der Waals surface area contributed by atoms with Crippen molar-refractivity contribution < 1.29 is 4.98 Å². The minimum atomic E-state index is 0.590. The van der Waals surface area contributed by atoms with E-state index in [1.165, 1.54) is 0 Å². The van der Waals surface area contributed by atoms with E-state index < -0.39 is 0 Å². The van der Waals surface area contributed by atoms with Gasteiger partial charge in [-0.05, 0) is 18.2 Å². The maximum atomic E-state index is 9.33. The summed E-state index contributed by atoms with van der Waals surface area (Å²) in [7, 11) is 3.83. The number of pyridine rings is 1. The molecule has 0 bridgehead atoms. The van der Waals surface area contributed by atoms with Gasteiger partial charge in [-0.2, -0.15) is 5.26 Å². The lowest BCUT2D eigenvalue weighted by atomic mass is 10.2. The number of anilines is 3. The Morgan fingerprint density at radius 2 is 2.11 bits per heavy atom. The quantitative estimate of drug-likeness (QED) is 0.947. The maximum Gasteiger partial charge on any atom is 0.297 e. The van der Waals surface area contributed by atoms with Crippen LogP contribution in [0.4, 0.5) is 17.2 Å². The van der Waals surface area contributed by atoms with E-state index in [4.69, 9.17) is 0 Å². The van der Waals surface area contributed by atoms with E-state index in [0.717, 1.165) is 15.8 Å². The van der Waals surface area contributed by atoms with Gasteiger partial charge in [0.2, 0.25) is 0 Å². The van der Waals surface area contributed by atoms with Crippen molar-refractivity contribution in [2.24, 2.45) is 0 Å². The lowest BCUT2D eigenvalue weighted by Crippen LogP contribution is -2.17. The summed E-state index contributed by atoms with van der Waals surface area (Å²) in [5.41, 5.74) is 2.38. The van der Waals surface area contributed by atoms with E-state index in [2.05, 4.69) is 32.3 Å². The molecular formula is C14H14BrN4+. The fraction of sp³-hybridized carbons (Fsp3) is 0.143. The third-order valence-corrected chi connectivity index (χ3v) is 3.16. The lowest BCUT2D eigenvalue weighted by Gasteiger charge is -2.13. The summed E-state index contributed by atoms with van der Waals surface area (Å²) >= 11 is 3.43. The van der Waals surface area contributed by atoms with Crippen molar-refractivity contribution in [2.75, 3.05) is 24.3 Å². The lowest BCUT2D eigenvalue weighted by molar-refractivity contribution is -0.360. The molecule has 0 radical (unpaired) electrons. The van der Waals surface area contributed by atoms with Gasteiger partial charge in [-0.25, -0.2) is 10.3 Å². The van der Waals surface area contributed by atoms with Crippen molar-refractivity contribution in [3.05, 3.63) is 46.6 Å². The predicted molar refractivity (Wildman–Crippen MR) is 79.5 cm³/mol. The molecule has 0 saturated heterocycles. The summed E-state index contributed by atoms with van der Waals surface area (Å²) in [6.07, 6.45) is 1.82. The largest absolute Gasteiger partial charge is 0.376 e. The van der Waals surface area contributed by atoms with Crippen molar-refractivity contribution in [3.8, 4) is 6.07 Å². The average Bonchev–Trinajstić information content (AvgIpc) is 2.38. The van der Waals surface area contributed by atoms with E-state index in [0.29, 0.717) is 11.4 Å². The van der Waals surface area contributed by atoms with Crippen LogP contribution in [0.3, 0.4) is 0 Å². The van der Waals surface area contributed by atoms with Crippen molar-refractivity contribution in [3.63, 3.8) is 0 Å². The second-order valence-corrected chi connectivity index (χ2v) is 5.17. The number of aromatic nitrogens is 1. The number of H-pyrrole nitrogens is 1.